The molecule has 0 saturated carbocycles. The van der Waals surface area contributed by atoms with E-state index in [2.05, 4.69) is 0 Å². The number of rotatable bonds is 4. The highest BCUT2D eigenvalue weighted by Crippen LogP contribution is 2.32. The molecule has 4 aromatic rings. The van der Waals surface area contributed by atoms with E-state index in [0.29, 0.717) is 27.0 Å². The summed E-state index contributed by atoms with van der Waals surface area (Å²) in [6, 6.07) is 23.6. The van der Waals surface area contributed by atoms with Crippen LogP contribution >= 0.6 is 23.2 Å². The molecule has 1 fully saturated rings. The molecule has 1 saturated heterocycles. The maximum absolute atomic E-state index is 13.6. The van der Waals surface area contributed by atoms with E-state index in [9.17, 15) is 14.4 Å². The van der Waals surface area contributed by atoms with Crippen molar-refractivity contribution in [2.45, 2.75) is 13.8 Å². The number of anilines is 2. The van der Waals surface area contributed by atoms with Gasteiger partial charge in [0.15, 0.2) is 0 Å². The van der Waals surface area contributed by atoms with Gasteiger partial charge in [-0.3, -0.25) is 9.59 Å². The minimum Gasteiger partial charge on any atom is -0.318 e. The third-order valence-corrected chi connectivity index (χ3v) is 6.95. The molecular weight excluding hydrogens is 509 g/mol. The van der Waals surface area contributed by atoms with E-state index >= 15 is 0 Å². The number of imide groups is 2. The Bertz CT molecular complexity index is 1510. The number of hydrogen-bond acceptors (Lipinski definition) is 3. The third-order valence-electron chi connectivity index (χ3n) is 6.21. The molecule has 0 atom stereocenters. The van der Waals surface area contributed by atoms with Gasteiger partial charge in [-0.25, -0.2) is 14.6 Å². The van der Waals surface area contributed by atoms with Gasteiger partial charge in [-0.15, -0.1) is 0 Å². The van der Waals surface area contributed by atoms with Gasteiger partial charge in [0.1, 0.15) is 5.57 Å². The molecule has 184 valence electrons. The largest absolute Gasteiger partial charge is 0.343 e. The van der Waals surface area contributed by atoms with Crippen molar-refractivity contribution in [3.63, 3.8) is 0 Å². The molecule has 1 aliphatic heterocycles. The van der Waals surface area contributed by atoms with Crippen LogP contribution in [0.25, 0.3) is 11.8 Å². The number of amides is 4. The van der Waals surface area contributed by atoms with Crippen molar-refractivity contribution in [3.05, 3.63) is 117 Å². The number of benzene rings is 3. The van der Waals surface area contributed by atoms with Crippen molar-refractivity contribution < 1.29 is 14.4 Å². The van der Waals surface area contributed by atoms with Gasteiger partial charge in [0.25, 0.3) is 11.8 Å². The monoisotopic (exact) mass is 529 g/mol. The quantitative estimate of drug-likeness (QED) is 0.211. The third kappa shape index (κ3) is 4.35. The molecule has 0 aliphatic carbocycles. The van der Waals surface area contributed by atoms with Crippen molar-refractivity contribution in [2.75, 3.05) is 9.80 Å². The number of para-hydroxylation sites is 2. The SMILES string of the molecule is Cc1cc(C=C2C(=O)N(c3ccccc3)C(=O)N(c3ccccc3)C2=O)c(C)n1-c1ccc(Cl)c(Cl)c1. The Hall–Kier alpha value is -4.13. The zero-order chi connectivity index (χ0) is 26.3. The minimum absolute atomic E-state index is 0.123. The first-order valence-electron chi connectivity index (χ1n) is 11.5. The van der Waals surface area contributed by atoms with E-state index in [-0.39, 0.29) is 5.57 Å². The summed E-state index contributed by atoms with van der Waals surface area (Å²) >= 11 is 12.3. The summed E-state index contributed by atoms with van der Waals surface area (Å²) in [5.41, 5.74) is 3.74. The normalized spacial score (nSPS) is 13.9. The second-order valence-corrected chi connectivity index (χ2v) is 9.37. The molecule has 0 spiro atoms. The number of hydrogen-bond donors (Lipinski definition) is 0. The van der Waals surface area contributed by atoms with E-state index in [1.807, 2.05) is 30.5 Å². The maximum Gasteiger partial charge on any atom is 0.343 e. The molecule has 0 N–H and O–H groups in total. The fourth-order valence-electron chi connectivity index (χ4n) is 4.45. The van der Waals surface area contributed by atoms with Gasteiger partial charge in [-0.2, -0.15) is 0 Å². The van der Waals surface area contributed by atoms with Crippen molar-refractivity contribution in [3.8, 4) is 5.69 Å². The number of aryl methyl sites for hydroxylation is 1. The molecule has 37 heavy (non-hydrogen) atoms. The zero-order valence-electron chi connectivity index (χ0n) is 20.0. The highest BCUT2D eigenvalue weighted by atomic mass is 35.5. The van der Waals surface area contributed by atoms with Crippen LogP contribution in [0.2, 0.25) is 10.0 Å². The molecule has 8 heteroatoms. The van der Waals surface area contributed by atoms with Gasteiger partial charge in [0.05, 0.1) is 21.4 Å². The van der Waals surface area contributed by atoms with Gasteiger partial charge in [0, 0.05) is 17.1 Å². The van der Waals surface area contributed by atoms with Gasteiger partial charge in [-0.1, -0.05) is 59.6 Å². The van der Waals surface area contributed by atoms with Crippen LogP contribution in [0.5, 0.6) is 0 Å². The number of aromatic nitrogens is 1. The summed E-state index contributed by atoms with van der Waals surface area (Å²) in [7, 11) is 0. The topological polar surface area (TPSA) is 62.6 Å². The molecule has 5 rings (SSSR count). The fourth-order valence-corrected chi connectivity index (χ4v) is 4.74. The van der Waals surface area contributed by atoms with Crippen molar-refractivity contribution in [2.24, 2.45) is 0 Å². The molecule has 3 aromatic carbocycles. The number of halogens is 2. The zero-order valence-corrected chi connectivity index (χ0v) is 21.5. The first kappa shape index (κ1) is 24.6. The first-order chi connectivity index (χ1) is 17.8. The lowest BCUT2D eigenvalue weighted by Crippen LogP contribution is -2.57. The Morgan fingerprint density at radius 2 is 1.19 bits per heavy atom. The molecule has 4 amide bonds. The number of nitrogens with zero attached hydrogens (tertiary/aromatic N) is 3. The molecule has 1 aromatic heterocycles. The van der Waals surface area contributed by atoms with Gasteiger partial charge >= 0.3 is 6.03 Å². The summed E-state index contributed by atoms with van der Waals surface area (Å²) in [4.78, 5) is 42.8. The van der Waals surface area contributed by atoms with Crippen LogP contribution in [0.1, 0.15) is 17.0 Å². The van der Waals surface area contributed by atoms with E-state index in [1.54, 1.807) is 78.9 Å². The van der Waals surface area contributed by atoms with Crippen LogP contribution in [0.4, 0.5) is 16.2 Å². The Balaban J connectivity index is 1.65. The number of barbiturate groups is 1. The van der Waals surface area contributed by atoms with E-state index < -0.39 is 17.8 Å². The molecule has 0 bridgehead atoms. The lowest BCUT2D eigenvalue weighted by Gasteiger charge is -2.33. The van der Waals surface area contributed by atoms with Crippen molar-refractivity contribution >= 4 is 58.5 Å². The Labute approximate surface area is 223 Å². The maximum atomic E-state index is 13.6. The highest BCUT2D eigenvalue weighted by molar-refractivity contribution is 6.46. The number of carbonyl (C=O) groups excluding carboxylic acids is 3. The van der Waals surface area contributed by atoms with Crippen LogP contribution in [0, 0.1) is 13.8 Å². The van der Waals surface area contributed by atoms with Gasteiger partial charge in [-0.05, 0) is 74.0 Å². The minimum atomic E-state index is -0.731. The average molecular weight is 530 g/mol. The fraction of sp³-hybridized carbons (Fsp3) is 0.0690. The van der Waals surface area contributed by atoms with E-state index in [0.717, 1.165) is 26.9 Å². The summed E-state index contributed by atoms with van der Waals surface area (Å²) in [5, 5.41) is 0.861. The Kier molecular flexibility index (Phi) is 6.46. The predicted octanol–water partition coefficient (Wildman–Crippen LogP) is 6.98. The predicted molar refractivity (Wildman–Crippen MR) is 146 cm³/mol. The molecule has 0 radical (unpaired) electrons. The van der Waals surface area contributed by atoms with Crippen LogP contribution in [0.15, 0.2) is 90.5 Å². The first-order valence-corrected chi connectivity index (χ1v) is 12.2. The number of urea groups is 1. The van der Waals surface area contributed by atoms with Gasteiger partial charge in [0.2, 0.25) is 0 Å². The van der Waals surface area contributed by atoms with Crippen molar-refractivity contribution in [1.29, 1.82) is 0 Å². The highest BCUT2D eigenvalue weighted by Gasteiger charge is 2.43. The van der Waals surface area contributed by atoms with Crippen molar-refractivity contribution in [1.82, 2.24) is 4.57 Å². The standard InChI is InChI=1S/C29H21Cl2N3O3/c1-18-15-20(19(2)32(18)23-13-14-25(30)26(31)17-23)16-24-27(35)33(21-9-5-3-6-10-21)29(37)34(28(24)36)22-11-7-4-8-12-22/h3-17H,1-2H3. The Morgan fingerprint density at radius 1 is 0.649 bits per heavy atom. The Morgan fingerprint density at radius 3 is 1.70 bits per heavy atom. The van der Waals surface area contributed by atoms with Crippen LogP contribution in [-0.4, -0.2) is 22.4 Å². The van der Waals surface area contributed by atoms with Gasteiger partial charge < -0.3 is 4.57 Å². The average Bonchev–Trinajstić information content (AvgIpc) is 3.17. The molecule has 6 nitrogen and oxygen atoms in total. The molecule has 0 unspecified atom stereocenters. The molecular formula is C29H21Cl2N3O3. The van der Waals surface area contributed by atoms with E-state index in [4.69, 9.17) is 23.2 Å². The lowest BCUT2D eigenvalue weighted by molar-refractivity contribution is -0.121. The summed E-state index contributed by atoms with van der Waals surface area (Å²) < 4.78 is 1.96. The second kappa shape index (κ2) is 9.73. The van der Waals surface area contributed by atoms with E-state index in [1.165, 1.54) is 0 Å². The molecule has 2 heterocycles. The smallest absolute Gasteiger partial charge is 0.318 e. The summed E-state index contributed by atoms with van der Waals surface area (Å²) in [6.07, 6.45) is 1.54. The lowest BCUT2D eigenvalue weighted by atomic mass is 10.0. The second-order valence-electron chi connectivity index (χ2n) is 8.55. The van der Waals surface area contributed by atoms with Crippen LogP contribution in [0.3, 0.4) is 0 Å². The number of carbonyl (C=O) groups is 3. The summed E-state index contributed by atoms with van der Waals surface area (Å²) in [5.74, 6) is -1.37. The van der Waals surface area contributed by atoms with Crippen LogP contribution in [-0.2, 0) is 9.59 Å². The van der Waals surface area contributed by atoms with Crippen LogP contribution < -0.4 is 9.80 Å². The molecule has 1 aliphatic rings. The summed E-state index contributed by atoms with van der Waals surface area (Å²) in [6.45, 7) is 3.80.